The molecule has 0 aliphatic carbocycles. The molecule has 1 unspecified atom stereocenters. The van der Waals surface area contributed by atoms with E-state index in [-0.39, 0.29) is 18.6 Å². The summed E-state index contributed by atoms with van der Waals surface area (Å²) in [5.41, 5.74) is 0.275. The lowest BCUT2D eigenvalue weighted by Gasteiger charge is -2.35. The molecule has 0 aliphatic heterocycles. The number of ether oxygens (including phenoxy) is 2. The summed E-state index contributed by atoms with van der Waals surface area (Å²) < 4.78 is 27.2. The van der Waals surface area contributed by atoms with E-state index in [1.807, 2.05) is 0 Å². The van der Waals surface area contributed by atoms with Crippen molar-refractivity contribution in [1.82, 2.24) is 0 Å². The summed E-state index contributed by atoms with van der Waals surface area (Å²) >= 11 is 0. The molecule has 0 aromatic heterocycles. The molecule has 0 aromatic rings. The number of hydrogen-bond acceptors (Lipinski definition) is 5. The zero-order valence-corrected chi connectivity index (χ0v) is 14.6. The second kappa shape index (κ2) is 8.50. The van der Waals surface area contributed by atoms with Gasteiger partial charge in [-0.15, -0.1) is 0 Å². The molecule has 0 spiro atoms. The van der Waals surface area contributed by atoms with E-state index in [9.17, 15) is 9.46 Å². The average molecular weight is 309 g/mol. The number of hydrogen-bond donors (Lipinski definition) is 0. The molecule has 0 aliphatic rings. The van der Waals surface area contributed by atoms with E-state index in [1.165, 1.54) is 0 Å². The third-order valence-corrected chi connectivity index (χ3v) is 4.84. The maximum absolute atomic E-state index is 11.6. The topological polar surface area (TPSA) is 67.8 Å². The van der Waals surface area contributed by atoms with E-state index in [2.05, 4.69) is 20.8 Å². The van der Waals surface area contributed by atoms with Crippen molar-refractivity contribution >= 4 is 7.60 Å². The van der Waals surface area contributed by atoms with Gasteiger partial charge in [-0.05, 0) is 11.8 Å². The first-order chi connectivity index (χ1) is 8.96. The minimum atomic E-state index is -3.82. The van der Waals surface area contributed by atoms with Crippen LogP contribution in [-0.4, -0.2) is 38.2 Å². The van der Waals surface area contributed by atoms with Crippen LogP contribution in [-0.2, 0) is 18.6 Å². The molecule has 0 saturated heterocycles. The normalized spacial score (nSPS) is 16.1. The van der Waals surface area contributed by atoms with Gasteiger partial charge >= 0.3 is 0 Å². The lowest BCUT2D eigenvalue weighted by atomic mass is 9.93. The Labute approximate surface area is 123 Å². The van der Waals surface area contributed by atoms with Gasteiger partial charge in [0.25, 0.3) is 0 Å². The monoisotopic (exact) mass is 309 g/mol. The van der Waals surface area contributed by atoms with Crippen LogP contribution in [0.4, 0.5) is 0 Å². The largest absolute Gasteiger partial charge is 0.778 e. The maximum Gasteiger partial charge on any atom is 0.140 e. The highest BCUT2D eigenvalue weighted by Gasteiger charge is 2.26. The van der Waals surface area contributed by atoms with Crippen LogP contribution in [0.5, 0.6) is 0 Å². The Kier molecular flexibility index (Phi) is 8.53. The predicted molar refractivity (Wildman–Crippen MR) is 79.0 cm³/mol. The molecule has 0 aromatic carbocycles. The van der Waals surface area contributed by atoms with Gasteiger partial charge in [-0.25, -0.2) is 0 Å². The Hall–Kier alpha value is 0.0700. The predicted octanol–water partition coefficient (Wildman–Crippen LogP) is 2.82. The van der Waals surface area contributed by atoms with Gasteiger partial charge in [-0.3, -0.25) is 0 Å². The van der Waals surface area contributed by atoms with Gasteiger partial charge in [-0.2, -0.15) is 0 Å². The van der Waals surface area contributed by atoms with Crippen molar-refractivity contribution < 1.29 is 23.5 Å². The van der Waals surface area contributed by atoms with Crippen LogP contribution < -0.4 is 4.89 Å². The van der Waals surface area contributed by atoms with Crippen LogP contribution in [0.2, 0.25) is 0 Å². The molecule has 0 heterocycles. The van der Waals surface area contributed by atoms with Crippen molar-refractivity contribution in [3.63, 3.8) is 0 Å². The van der Waals surface area contributed by atoms with E-state index in [1.54, 1.807) is 20.8 Å². The molecule has 0 rings (SSSR count). The summed E-state index contributed by atoms with van der Waals surface area (Å²) in [7, 11) is -3.82. The maximum atomic E-state index is 11.6. The van der Waals surface area contributed by atoms with Crippen molar-refractivity contribution in [3.8, 4) is 0 Å². The molecule has 20 heavy (non-hydrogen) atoms. The molecule has 122 valence electrons. The standard InChI is InChI=1S/C14H31O5P/c1-13(2,3)7-8-17-9-10-18-11-12-19-20(15,16)14(4,5)6/h7-12H2,1-6H3,(H,15,16)/p-1. The van der Waals surface area contributed by atoms with Crippen LogP contribution >= 0.6 is 7.60 Å². The summed E-state index contributed by atoms with van der Waals surface area (Å²) in [6.45, 7) is 13.3. The fourth-order valence-electron chi connectivity index (χ4n) is 1.11. The molecule has 6 heteroatoms. The van der Waals surface area contributed by atoms with E-state index < -0.39 is 12.8 Å². The molecule has 0 saturated carbocycles. The first kappa shape index (κ1) is 20.1. The second-order valence-corrected chi connectivity index (χ2v) is 9.63. The van der Waals surface area contributed by atoms with Crippen LogP contribution in [0.15, 0.2) is 0 Å². The highest BCUT2D eigenvalue weighted by atomic mass is 31.2. The molecule has 0 bridgehead atoms. The van der Waals surface area contributed by atoms with Crippen LogP contribution in [0, 0.1) is 5.41 Å². The molecule has 0 radical (unpaired) electrons. The van der Waals surface area contributed by atoms with Crippen molar-refractivity contribution in [2.75, 3.05) is 33.0 Å². The SMILES string of the molecule is CC(C)(C)CCOCCOCCOP(=O)([O-])C(C)(C)C. The fourth-order valence-corrected chi connectivity index (χ4v) is 1.81. The third kappa shape index (κ3) is 9.89. The first-order valence-corrected chi connectivity index (χ1v) is 8.61. The van der Waals surface area contributed by atoms with Gasteiger partial charge in [-0.1, -0.05) is 41.5 Å². The summed E-state index contributed by atoms with van der Waals surface area (Å²) in [4.78, 5) is 11.6. The van der Waals surface area contributed by atoms with Crippen molar-refractivity contribution in [3.05, 3.63) is 0 Å². The Morgan fingerprint density at radius 1 is 0.850 bits per heavy atom. The molecule has 0 fully saturated rings. The highest BCUT2D eigenvalue weighted by molar-refractivity contribution is 7.53. The summed E-state index contributed by atoms with van der Waals surface area (Å²) in [6, 6.07) is 0. The summed E-state index contributed by atoms with van der Waals surface area (Å²) in [6.07, 6.45) is 1.00. The molecule has 0 amide bonds. The van der Waals surface area contributed by atoms with Gasteiger partial charge in [0.1, 0.15) is 7.60 Å². The van der Waals surface area contributed by atoms with Gasteiger partial charge in [0, 0.05) is 11.8 Å². The van der Waals surface area contributed by atoms with Crippen molar-refractivity contribution in [2.24, 2.45) is 5.41 Å². The lowest BCUT2D eigenvalue weighted by Crippen LogP contribution is -2.26. The second-order valence-electron chi connectivity index (χ2n) is 7.04. The smallest absolute Gasteiger partial charge is 0.140 e. The Morgan fingerprint density at radius 3 is 1.75 bits per heavy atom. The Bertz CT molecular complexity index is 304. The molecular weight excluding hydrogens is 279 g/mol. The molecular formula is C14H30O5P-. The van der Waals surface area contributed by atoms with Crippen LogP contribution in [0.1, 0.15) is 48.0 Å². The van der Waals surface area contributed by atoms with E-state index in [0.29, 0.717) is 19.8 Å². The van der Waals surface area contributed by atoms with Crippen molar-refractivity contribution in [1.29, 1.82) is 0 Å². The fraction of sp³-hybridized carbons (Fsp3) is 1.00. The van der Waals surface area contributed by atoms with Gasteiger partial charge in [0.15, 0.2) is 0 Å². The van der Waals surface area contributed by atoms with E-state index in [0.717, 1.165) is 6.42 Å². The summed E-state index contributed by atoms with van der Waals surface area (Å²) in [5.74, 6) is 0. The van der Waals surface area contributed by atoms with Gasteiger partial charge in [0.2, 0.25) is 0 Å². The minimum Gasteiger partial charge on any atom is -0.778 e. The van der Waals surface area contributed by atoms with E-state index in [4.69, 9.17) is 14.0 Å². The first-order valence-electron chi connectivity index (χ1n) is 7.07. The zero-order valence-electron chi connectivity index (χ0n) is 13.7. The lowest BCUT2D eigenvalue weighted by molar-refractivity contribution is -0.205. The zero-order chi connectivity index (χ0) is 15.9. The number of rotatable bonds is 9. The molecule has 0 N–H and O–H groups in total. The third-order valence-electron chi connectivity index (χ3n) is 2.68. The quantitative estimate of drug-likeness (QED) is 0.484. The Morgan fingerprint density at radius 2 is 1.30 bits per heavy atom. The van der Waals surface area contributed by atoms with Crippen LogP contribution in [0.3, 0.4) is 0 Å². The molecule has 5 nitrogen and oxygen atoms in total. The van der Waals surface area contributed by atoms with Crippen LogP contribution in [0.25, 0.3) is 0 Å². The minimum absolute atomic E-state index is 0.0556. The Balaban J connectivity index is 3.49. The average Bonchev–Trinajstić information content (AvgIpc) is 2.23. The molecule has 1 atom stereocenters. The van der Waals surface area contributed by atoms with Gasteiger partial charge < -0.3 is 23.5 Å². The van der Waals surface area contributed by atoms with E-state index >= 15 is 0 Å². The van der Waals surface area contributed by atoms with Gasteiger partial charge in [0.05, 0.1) is 26.4 Å². The highest BCUT2D eigenvalue weighted by Crippen LogP contribution is 2.50. The summed E-state index contributed by atoms with van der Waals surface area (Å²) in [5, 5.41) is -0.872. The van der Waals surface area contributed by atoms with Crippen molar-refractivity contribution in [2.45, 2.75) is 53.1 Å².